The van der Waals surface area contributed by atoms with Gasteiger partial charge in [-0.3, -0.25) is 19.3 Å². The number of nitrogens with two attached hydrogens (primary N) is 1. The van der Waals surface area contributed by atoms with Crippen molar-refractivity contribution in [2.45, 2.75) is 27.7 Å². The second-order valence-electron chi connectivity index (χ2n) is 6.57. The molecule has 3 atom stereocenters. The molecule has 3 rings (SSSR count). The number of fused-ring (bicyclic) bond motifs is 1. The molecule has 1 fully saturated rings. The Balaban J connectivity index is 1.86. The van der Waals surface area contributed by atoms with Gasteiger partial charge in [0.15, 0.2) is 6.10 Å². The van der Waals surface area contributed by atoms with Crippen LogP contribution in [0.3, 0.4) is 0 Å². The van der Waals surface area contributed by atoms with Gasteiger partial charge >= 0.3 is 12.1 Å². The number of carbonyl (C=O) groups is 5. The minimum Gasteiger partial charge on any atom is -0.477 e. The van der Waals surface area contributed by atoms with E-state index in [1.807, 2.05) is 5.38 Å². The van der Waals surface area contributed by atoms with Gasteiger partial charge in [0.05, 0.1) is 6.42 Å². The van der Waals surface area contributed by atoms with Crippen LogP contribution in [0.25, 0.3) is 0 Å². The molecule has 2 aliphatic rings. The number of nitrogens with one attached hydrogen (secondary N) is 1. The number of ketones is 1. The molecular formula is C17H14Cl3N3O7S2. The van der Waals surface area contributed by atoms with Crippen LogP contribution in [-0.4, -0.2) is 66.7 Å². The lowest BCUT2D eigenvalue weighted by Gasteiger charge is -2.49. The molecule has 10 nitrogen and oxygen atoms in total. The number of alkyl halides is 3. The fraction of sp³-hybridized carbons (Fsp3) is 0.353. The van der Waals surface area contributed by atoms with Gasteiger partial charge in [-0.1, -0.05) is 40.9 Å². The molecular weight excluding hydrogens is 529 g/mol. The van der Waals surface area contributed by atoms with E-state index in [0.717, 1.165) is 21.5 Å². The number of amides is 3. The molecule has 0 saturated carbocycles. The monoisotopic (exact) mass is 541 g/mol. The molecule has 3 amide bonds. The van der Waals surface area contributed by atoms with Crippen LogP contribution >= 0.6 is 57.9 Å². The molecule has 15 heteroatoms. The molecule has 1 aromatic heterocycles. The van der Waals surface area contributed by atoms with Gasteiger partial charge in [-0.05, 0) is 11.4 Å². The van der Waals surface area contributed by atoms with Crippen molar-refractivity contribution in [3.63, 3.8) is 0 Å². The average molecular weight is 543 g/mol. The van der Waals surface area contributed by atoms with Crippen LogP contribution in [0.1, 0.15) is 4.88 Å². The van der Waals surface area contributed by atoms with Gasteiger partial charge in [0, 0.05) is 16.2 Å². The van der Waals surface area contributed by atoms with E-state index in [2.05, 4.69) is 5.32 Å². The number of carbonyl (C=O) groups excluding carboxylic acids is 4. The van der Waals surface area contributed by atoms with Crippen molar-refractivity contribution in [1.82, 2.24) is 10.2 Å². The lowest BCUT2D eigenvalue weighted by atomic mass is 9.98. The fourth-order valence-corrected chi connectivity index (χ4v) is 5.56. The number of ether oxygens (including phenoxy) is 1. The van der Waals surface area contributed by atoms with Crippen molar-refractivity contribution in [3.05, 3.63) is 33.7 Å². The lowest BCUT2D eigenvalue weighted by Crippen LogP contribution is -2.71. The third-order valence-corrected chi connectivity index (χ3v) is 7.24. The number of halogens is 3. The Kier molecular flexibility index (Phi) is 7.30. The maximum Gasteiger partial charge on any atom is 0.405 e. The van der Waals surface area contributed by atoms with Crippen LogP contribution in [0.5, 0.6) is 0 Å². The highest BCUT2D eigenvalue weighted by Crippen LogP contribution is 2.43. The van der Waals surface area contributed by atoms with Gasteiger partial charge < -0.3 is 20.9 Å². The fourth-order valence-electron chi connectivity index (χ4n) is 3.19. The summed E-state index contributed by atoms with van der Waals surface area (Å²) in [4.78, 5) is 62.4. The van der Waals surface area contributed by atoms with Gasteiger partial charge in [-0.2, -0.15) is 0 Å². The number of hydrogen-bond donors (Lipinski definition) is 3. The van der Waals surface area contributed by atoms with Gasteiger partial charge in [-0.25, -0.2) is 9.59 Å². The molecule has 0 radical (unpaired) electrons. The zero-order valence-corrected chi connectivity index (χ0v) is 19.7. The van der Waals surface area contributed by atoms with E-state index in [1.165, 1.54) is 11.3 Å². The van der Waals surface area contributed by atoms with Crippen molar-refractivity contribution >= 4 is 87.6 Å². The molecule has 0 spiro atoms. The number of nitrogens with zero attached hydrogens (tertiary/aromatic N) is 1. The Morgan fingerprint density at radius 1 is 1.34 bits per heavy atom. The predicted molar refractivity (Wildman–Crippen MR) is 117 cm³/mol. The summed E-state index contributed by atoms with van der Waals surface area (Å²) in [5.74, 6) is -4.10. The Morgan fingerprint density at radius 2 is 2.03 bits per heavy atom. The second-order valence-corrected chi connectivity index (χ2v) is 11.0. The third kappa shape index (κ3) is 4.99. The number of carboxylic acids is 1. The largest absolute Gasteiger partial charge is 0.477 e. The average Bonchev–Trinajstić information content (AvgIpc) is 3.20. The summed E-state index contributed by atoms with van der Waals surface area (Å²) in [7, 11) is 0. The zero-order chi connectivity index (χ0) is 23.8. The summed E-state index contributed by atoms with van der Waals surface area (Å²) in [5.41, 5.74) is 4.12. The molecule has 3 heterocycles. The van der Waals surface area contributed by atoms with Gasteiger partial charge in [0.2, 0.25) is 11.7 Å². The quantitative estimate of drug-likeness (QED) is 0.345. The Labute approximate surface area is 204 Å². The zero-order valence-electron chi connectivity index (χ0n) is 15.7. The van der Waals surface area contributed by atoms with Crippen LogP contribution in [0.2, 0.25) is 0 Å². The first-order valence-corrected chi connectivity index (χ1v) is 11.8. The first kappa shape index (κ1) is 24.6. The topological polar surface area (TPSA) is 156 Å². The molecule has 1 saturated heterocycles. The highest BCUT2D eigenvalue weighted by Gasteiger charge is 2.56. The molecule has 0 aliphatic carbocycles. The minimum atomic E-state index is -2.55. The van der Waals surface area contributed by atoms with Crippen molar-refractivity contribution in [2.24, 2.45) is 5.73 Å². The summed E-state index contributed by atoms with van der Waals surface area (Å²) < 4.78 is 2.20. The standard InChI is InChI=1S/C17H14Cl3N3O7S2/c18-17(19,20)12(25)11(30-16(21)29)7-5-32-14-9(13(26)23(14)10(7)15(27)28)22-8(24)4-6-2-1-3-31-6/h1-3,9,11,14H,4-5H2,(H2,21,29)(H,22,24)(H,27,28)/t9-,11?,14-/m1/s1. The first-order valence-electron chi connectivity index (χ1n) is 8.71. The van der Waals surface area contributed by atoms with E-state index >= 15 is 0 Å². The number of hydrogen-bond acceptors (Lipinski definition) is 8. The SMILES string of the molecule is NC(=O)OC(C(=O)C(Cl)(Cl)Cl)C1=C(C(=O)O)N2C(=O)[C@@H](NC(=O)Cc3cccs3)[C@H]2SC1. The van der Waals surface area contributed by atoms with Gasteiger partial charge in [-0.15, -0.1) is 23.1 Å². The summed E-state index contributed by atoms with van der Waals surface area (Å²) >= 11 is 19.2. The highest BCUT2D eigenvalue weighted by atomic mass is 35.6. The Hall–Kier alpha value is -1.99. The summed E-state index contributed by atoms with van der Waals surface area (Å²) in [6.45, 7) is 0. The molecule has 0 aromatic carbocycles. The number of thioether (sulfide) groups is 1. The van der Waals surface area contributed by atoms with Crippen LogP contribution in [0.4, 0.5) is 4.79 Å². The van der Waals surface area contributed by atoms with Crippen molar-refractivity contribution in [3.8, 4) is 0 Å². The van der Waals surface area contributed by atoms with Crippen LogP contribution in [0.15, 0.2) is 28.8 Å². The molecule has 32 heavy (non-hydrogen) atoms. The number of thiophene rings is 1. The van der Waals surface area contributed by atoms with Crippen molar-refractivity contribution in [2.75, 3.05) is 5.75 Å². The van der Waals surface area contributed by atoms with Gasteiger partial charge in [0.1, 0.15) is 17.1 Å². The number of carboxylic acid groups (broad SMARTS) is 1. The summed E-state index contributed by atoms with van der Waals surface area (Å²) in [6.07, 6.45) is -3.27. The molecule has 1 unspecified atom stereocenters. The smallest absolute Gasteiger partial charge is 0.405 e. The van der Waals surface area contributed by atoms with E-state index < -0.39 is 56.7 Å². The Morgan fingerprint density at radius 3 is 2.56 bits per heavy atom. The summed E-state index contributed by atoms with van der Waals surface area (Å²) in [5, 5.41) is 13.4. The molecule has 2 aliphatic heterocycles. The summed E-state index contributed by atoms with van der Waals surface area (Å²) in [6, 6.07) is 2.59. The number of β-lactam (4-membered cyclic amide) rings is 1. The van der Waals surface area contributed by atoms with Crippen LogP contribution in [-0.2, 0) is 30.3 Å². The molecule has 0 bridgehead atoms. The maximum absolute atomic E-state index is 12.7. The van der Waals surface area contributed by atoms with E-state index in [1.54, 1.807) is 12.1 Å². The van der Waals surface area contributed by atoms with Crippen LogP contribution in [0, 0.1) is 0 Å². The highest BCUT2D eigenvalue weighted by molar-refractivity contribution is 8.00. The van der Waals surface area contributed by atoms with E-state index in [0.29, 0.717) is 0 Å². The molecule has 1 aromatic rings. The Bertz CT molecular complexity index is 1010. The third-order valence-electron chi connectivity index (χ3n) is 4.50. The van der Waals surface area contributed by atoms with E-state index in [4.69, 9.17) is 45.3 Å². The lowest BCUT2D eigenvalue weighted by molar-refractivity contribution is -0.150. The van der Waals surface area contributed by atoms with E-state index in [9.17, 15) is 29.1 Å². The normalized spacial score (nSPS) is 21.3. The number of aliphatic carboxylic acids is 1. The number of primary amides is 1. The second kappa shape index (κ2) is 9.48. The molecule has 172 valence electrons. The maximum atomic E-state index is 12.7. The van der Waals surface area contributed by atoms with Gasteiger partial charge in [0.25, 0.3) is 9.70 Å². The predicted octanol–water partition coefficient (Wildman–Crippen LogP) is 1.43. The molecule has 4 N–H and O–H groups in total. The number of rotatable bonds is 7. The van der Waals surface area contributed by atoms with E-state index in [-0.39, 0.29) is 17.7 Å². The first-order chi connectivity index (χ1) is 14.9. The van der Waals surface area contributed by atoms with Crippen LogP contribution < -0.4 is 11.1 Å². The van der Waals surface area contributed by atoms with Crippen molar-refractivity contribution in [1.29, 1.82) is 0 Å². The minimum absolute atomic E-state index is 0.0674. The number of Topliss-reactive ketones (excluding diaryl/α,β-unsaturated/α-hetero) is 1. The van der Waals surface area contributed by atoms with Crippen molar-refractivity contribution < 1.29 is 33.8 Å².